The number of aliphatic imine (C=N–C) groups is 1. The fraction of sp³-hybridized carbons (Fsp3) is 0.0435. The number of halogens is 2. The second-order valence-corrected chi connectivity index (χ2v) is 7.25. The van der Waals surface area contributed by atoms with E-state index in [9.17, 15) is 9.18 Å². The van der Waals surface area contributed by atoms with E-state index in [0.717, 1.165) is 10.0 Å². The number of anilines is 1. The minimum absolute atomic E-state index is 0.167. The summed E-state index contributed by atoms with van der Waals surface area (Å²) in [6.45, 7) is 0. The molecule has 1 heterocycles. The van der Waals surface area contributed by atoms with Crippen molar-refractivity contribution in [3.8, 4) is 5.75 Å². The van der Waals surface area contributed by atoms with Gasteiger partial charge in [0.05, 0.1) is 12.8 Å². The van der Waals surface area contributed by atoms with Gasteiger partial charge in [0.25, 0.3) is 5.91 Å². The monoisotopic (exact) mass is 450 g/mol. The number of methoxy groups -OCH3 is 1. The summed E-state index contributed by atoms with van der Waals surface area (Å²) < 4.78 is 20.2. The van der Waals surface area contributed by atoms with Crippen LogP contribution in [0.3, 0.4) is 0 Å². The molecule has 0 saturated heterocycles. The summed E-state index contributed by atoms with van der Waals surface area (Å²) in [6.07, 6.45) is 1.47. The Hall–Kier alpha value is -3.25. The van der Waals surface area contributed by atoms with E-state index in [0.29, 0.717) is 22.8 Å². The summed E-state index contributed by atoms with van der Waals surface area (Å²) in [5.41, 5.74) is 1.89. The molecule has 4 nitrogen and oxygen atoms in total. The third-order valence-electron chi connectivity index (χ3n) is 4.47. The van der Waals surface area contributed by atoms with E-state index in [4.69, 9.17) is 4.74 Å². The first kappa shape index (κ1) is 19.1. The molecule has 0 saturated carbocycles. The molecule has 0 atom stereocenters. The third kappa shape index (κ3) is 3.84. The fourth-order valence-electron chi connectivity index (χ4n) is 3.04. The molecule has 0 radical (unpaired) electrons. The van der Waals surface area contributed by atoms with Crippen LogP contribution in [0.4, 0.5) is 10.1 Å². The normalized spacial score (nSPS) is 15.0. The van der Waals surface area contributed by atoms with Crippen molar-refractivity contribution >= 4 is 39.4 Å². The van der Waals surface area contributed by atoms with Gasteiger partial charge in [0.15, 0.2) is 0 Å². The van der Waals surface area contributed by atoms with Crippen LogP contribution in [0.2, 0.25) is 0 Å². The molecule has 0 aliphatic carbocycles. The number of nitrogens with zero attached hydrogens (tertiary/aromatic N) is 2. The number of carbonyl (C=O) groups is 1. The Labute approximate surface area is 176 Å². The standard InChI is InChI=1S/C23H16BrFN2O2/c1-29-19-11-9-15(10-12-19)22-26-21(13-16-5-2-3-8-20(16)25)23(28)27(22)18-7-4-6-17(24)14-18/h2-14H,1H3/b21-13+. The molecule has 29 heavy (non-hydrogen) atoms. The lowest BCUT2D eigenvalue weighted by molar-refractivity contribution is -0.113. The molecule has 144 valence electrons. The first-order valence-electron chi connectivity index (χ1n) is 8.86. The summed E-state index contributed by atoms with van der Waals surface area (Å²) in [4.78, 5) is 19.3. The van der Waals surface area contributed by atoms with Crippen molar-refractivity contribution in [2.75, 3.05) is 12.0 Å². The molecular formula is C23H16BrFN2O2. The zero-order chi connectivity index (χ0) is 20.4. The Kier molecular flexibility index (Phi) is 5.27. The van der Waals surface area contributed by atoms with Crippen molar-refractivity contribution in [3.63, 3.8) is 0 Å². The minimum Gasteiger partial charge on any atom is -0.497 e. The van der Waals surface area contributed by atoms with Crippen LogP contribution in [0.5, 0.6) is 5.75 Å². The van der Waals surface area contributed by atoms with Crippen LogP contribution in [0.25, 0.3) is 6.08 Å². The molecule has 0 unspecified atom stereocenters. The molecule has 0 bridgehead atoms. The van der Waals surface area contributed by atoms with E-state index >= 15 is 0 Å². The van der Waals surface area contributed by atoms with Crippen LogP contribution in [-0.4, -0.2) is 18.9 Å². The molecule has 1 aliphatic rings. The smallest absolute Gasteiger partial charge is 0.282 e. The Morgan fingerprint density at radius 3 is 2.48 bits per heavy atom. The van der Waals surface area contributed by atoms with Gasteiger partial charge in [0.2, 0.25) is 0 Å². The van der Waals surface area contributed by atoms with Gasteiger partial charge in [-0.1, -0.05) is 40.2 Å². The van der Waals surface area contributed by atoms with Crippen molar-refractivity contribution in [1.82, 2.24) is 0 Å². The van der Waals surface area contributed by atoms with Gasteiger partial charge in [-0.05, 0) is 54.6 Å². The largest absolute Gasteiger partial charge is 0.497 e. The minimum atomic E-state index is -0.407. The van der Waals surface area contributed by atoms with Crippen LogP contribution in [0, 0.1) is 5.82 Å². The second-order valence-electron chi connectivity index (χ2n) is 6.34. The number of hydrogen-bond acceptors (Lipinski definition) is 3. The molecule has 0 spiro atoms. The Morgan fingerprint density at radius 1 is 1.03 bits per heavy atom. The van der Waals surface area contributed by atoms with Crippen molar-refractivity contribution in [1.29, 1.82) is 0 Å². The van der Waals surface area contributed by atoms with Gasteiger partial charge in [-0.3, -0.25) is 9.69 Å². The van der Waals surface area contributed by atoms with Crippen LogP contribution in [0.15, 0.2) is 88.0 Å². The van der Waals surface area contributed by atoms with Crippen molar-refractivity contribution in [3.05, 3.63) is 99.9 Å². The number of amides is 1. The SMILES string of the molecule is COc1ccc(C2=N/C(=C/c3ccccc3F)C(=O)N2c2cccc(Br)c2)cc1. The Bertz CT molecular complexity index is 1140. The summed E-state index contributed by atoms with van der Waals surface area (Å²) in [6, 6.07) is 21.0. The fourth-order valence-corrected chi connectivity index (χ4v) is 3.43. The molecule has 0 aromatic heterocycles. The maximum atomic E-state index is 14.1. The molecule has 6 heteroatoms. The van der Waals surface area contributed by atoms with Crippen molar-refractivity contribution < 1.29 is 13.9 Å². The van der Waals surface area contributed by atoms with E-state index in [1.807, 2.05) is 36.4 Å². The first-order valence-corrected chi connectivity index (χ1v) is 9.65. The van der Waals surface area contributed by atoms with E-state index in [1.165, 1.54) is 17.0 Å². The highest BCUT2D eigenvalue weighted by Gasteiger charge is 2.32. The predicted octanol–water partition coefficient (Wildman–Crippen LogP) is 5.43. The maximum Gasteiger partial charge on any atom is 0.282 e. The lowest BCUT2D eigenvalue weighted by atomic mass is 10.1. The quantitative estimate of drug-likeness (QED) is 0.497. The van der Waals surface area contributed by atoms with Crippen LogP contribution in [0.1, 0.15) is 11.1 Å². The highest BCUT2D eigenvalue weighted by molar-refractivity contribution is 9.10. The molecule has 0 fully saturated rings. The summed E-state index contributed by atoms with van der Waals surface area (Å²) >= 11 is 3.44. The predicted molar refractivity (Wildman–Crippen MR) is 116 cm³/mol. The first-order chi connectivity index (χ1) is 14.1. The third-order valence-corrected chi connectivity index (χ3v) is 4.97. The second kappa shape index (κ2) is 8.01. The van der Waals surface area contributed by atoms with Crippen LogP contribution < -0.4 is 9.64 Å². The maximum absolute atomic E-state index is 14.1. The summed E-state index contributed by atoms with van der Waals surface area (Å²) in [5.74, 6) is 0.445. The lowest BCUT2D eigenvalue weighted by Gasteiger charge is -2.19. The van der Waals surface area contributed by atoms with Gasteiger partial charge < -0.3 is 4.74 Å². The molecule has 3 aromatic carbocycles. The van der Waals surface area contributed by atoms with E-state index in [-0.39, 0.29) is 11.6 Å². The number of amidine groups is 1. The highest BCUT2D eigenvalue weighted by Crippen LogP contribution is 2.30. The molecule has 1 aliphatic heterocycles. The zero-order valence-electron chi connectivity index (χ0n) is 15.5. The molecule has 4 rings (SSSR count). The lowest BCUT2D eigenvalue weighted by Crippen LogP contribution is -2.32. The highest BCUT2D eigenvalue weighted by atomic mass is 79.9. The molecule has 0 N–H and O–H groups in total. The van der Waals surface area contributed by atoms with Gasteiger partial charge in [-0.2, -0.15) is 0 Å². The number of rotatable bonds is 4. The molecule has 3 aromatic rings. The summed E-state index contributed by atoms with van der Waals surface area (Å²) in [5, 5.41) is 0. The Balaban J connectivity index is 1.84. The van der Waals surface area contributed by atoms with E-state index in [2.05, 4.69) is 20.9 Å². The number of ether oxygens (including phenoxy) is 1. The Morgan fingerprint density at radius 2 is 1.79 bits per heavy atom. The van der Waals surface area contributed by atoms with Gasteiger partial charge >= 0.3 is 0 Å². The van der Waals surface area contributed by atoms with E-state index in [1.54, 1.807) is 37.4 Å². The topological polar surface area (TPSA) is 41.9 Å². The summed E-state index contributed by atoms with van der Waals surface area (Å²) in [7, 11) is 1.59. The van der Waals surface area contributed by atoms with Crippen LogP contribution >= 0.6 is 15.9 Å². The average molecular weight is 451 g/mol. The van der Waals surface area contributed by atoms with E-state index < -0.39 is 5.82 Å². The van der Waals surface area contributed by atoms with Crippen LogP contribution in [-0.2, 0) is 4.79 Å². The number of carbonyl (C=O) groups excluding carboxylic acids is 1. The van der Waals surface area contributed by atoms with Gasteiger partial charge in [-0.15, -0.1) is 0 Å². The van der Waals surface area contributed by atoms with Crippen molar-refractivity contribution in [2.24, 2.45) is 4.99 Å². The molecule has 1 amide bonds. The van der Waals surface area contributed by atoms with Crippen molar-refractivity contribution in [2.45, 2.75) is 0 Å². The van der Waals surface area contributed by atoms with Gasteiger partial charge in [-0.25, -0.2) is 9.38 Å². The average Bonchev–Trinajstić information content (AvgIpc) is 3.06. The number of benzene rings is 3. The molecular weight excluding hydrogens is 435 g/mol. The zero-order valence-corrected chi connectivity index (χ0v) is 17.1. The number of hydrogen-bond donors (Lipinski definition) is 0. The van der Waals surface area contributed by atoms with Gasteiger partial charge in [0.1, 0.15) is 23.1 Å². The van der Waals surface area contributed by atoms with Gasteiger partial charge in [0, 0.05) is 15.6 Å².